The third kappa shape index (κ3) is 4.29. The first kappa shape index (κ1) is 14.4. The second-order valence-corrected chi connectivity index (χ2v) is 3.66. The minimum absolute atomic E-state index is 0.00394. The van der Waals surface area contributed by atoms with Crippen LogP contribution in [0.3, 0.4) is 0 Å². The molecule has 6 heteroatoms. The first-order valence-corrected chi connectivity index (χ1v) is 5.53. The van der Waals surface area contributed by atoms with Gasteiger partial charge in [-0.05, 0) is 30.7 Å². The molecule has 0 aliphatic rings. The highest BCUT2D eigenvalue weighted by Gasteiger charge is 2.11. The van der Waals surface area contributed by atoms with E-state index in [1.54, 1.807) is 0 Å². The van der Waals surface area contributed by atoms with Gasteiger partial charge in [-0.3, -0.25) is 4.79 Å². The third-order valence-electron chi connectivity index (χ3n) is 2.39. The van der Waals surface area contributed by atoms with Crippen molar-refractivity contribution >= 4 is 5.91 Å². The zero-order chi connectivity index (χ0) is 13.5. The van der Waals surface area contributed by atoms with Crippen LogP contribution in [-0.4, -0.2) is 30.3 Å². The topological polar surface area (TPSA) is 58.6 Å². The predicted molar refractivity (Wildman–Crippen MR) is 61.7 cm³/mol. The Morgan fingerprint density at radius 1 is 1.39 bits per heavy atom. The average Bonchev–Trinajstić information content (AvgIpc) is 2.35. The lowest BCUT2D eigenvalue weighted by Gasteiger charge is -2.14. The van der Waals surface area contributed by atoms with E-state index < -0.39 is 6.61 Å². The zero-order valence-corrected chi connectivity index (χ0v) is 9.90. The van der Waals surface area contributed by atoms with E-state index in [0.717, 1.165) is 0 Å². The van der Waals surface area contributed by atoms with Crippen LogP contribution < -0.4 is 10.1 Å². The molecule has 0 saturated heterocycles. The minimum Gasteiger partial charge on any atom is -0.435 e. The molecule has 1 rings (SSSR count). The fourth-order valence-corrected chi connectivity index (χ4v) is 1.33. The van der Waals surface area contributed by atoms with Crippen LogP contribution in [0.2, 0.25) is 0 Å². The van der Waals surface area contributed by atoms with Crippen molar-refractivity contribution in [3.63, 3.8) is 0 Å². The van der Waals surface area contributed by atoms with Gasteiger partial charge in [-0.2, -0.15) is 8.78 Å². The highest BCUT2D eigenvalue weighted by molar-refractivity contribution is 5.94. The highest BCUT2D eigenvalue weighted by Crippen LogP contribution is 2.14. The number of nitrogens with one attached hydrogen (secondary N) is 1. The predicted octanol–water partition coefficient (Wildman–Crippen LogP) is 1.79. The van der Waals surface area contributed by atoms with E-state index in [1.165, 1.54) is 24.3 Å². The van der Waals surface area contributed by atoms with Crippen LogP contribution >= 0.6 is 0 Å². The number of halogens is 2. The molecule has 0 bridgehead atoms. The number of rotatable bonds is 6. The van der Waals surface area contributed by atoms with Crippen LogP contribution in [0.5, 0.6) is 5.75 Å². The second-order valence-electron chi connectivity index (χ2n) is 3.66. The average molecular weight is 259 g/mol. The number of aliphatic hydroxyl groups excluding tert-OH is 1. The SMILES string of the molecule is CCC(CO)NC(=O)c1ccc(OC(F)F)cc1. The quantitative estimate of drug-likeness (QED) is 0.818. The van der Waals surface area contributed by atoms with Crippen LogP contribution in [0.15, 0.2) is 24.3 Å². The maximum Gasteiger partial charge on any atom is 0.387 e. The molecule has 0 radical (unpaired) electrons. The molecule has 1 atom stereocenters. The number of ether oxygens (including phenoxy) is 1. The lowest BCUT2D eigenvalue weighted by molar-refractivity contribution is -0.0498. The van der Waals surface area contributed by atoms with Crippen molar-refractivity contribution in [3.8, 4) is 5.75 Å². The number of amides is 1. The molecule has 1 aromatic carbocycles. The fourth-order valence-electron chi connectivity index (χ4n) is 1.33. The molecule has 1 unspecified atom stereocenters. The Kier molecular flexibility index (Phi) is 5.51. The Hall–Kier alpha value is -1.69. The fraction of sp³-hybridized carbons (Fsp3) is 0.417. The molecule has 0 heterocycles. The van der Waals surface area contributed by atoms with Gasteiger partial charge >= 0.3 is 6.61 Å². The lowest BCUT2D eigenvalue weighted by atomic mass is 10.1. The number of aliphatic hydroxyl groups is 1. The summed E-state index contributed by atoms with van der Waals surface area (Å²) in [4.78, 5) is 11.7. The molecule has 0 saturated carbocycles. The van der Waals surface area contributed by atoms with Gasteiger partial charge in [0.05, 0.1) is 12.6 Å². The highest BCUT2D eigenvalue weighted by atomic mass is 19.3. The summed E-state index contributed by atoms with van der Waals surface area (Å²) >= 11 is 0. The molecule has 2 N–H and O–H groups in total. The Bertz CT molecular complexity index is 377. The van der Waals surface area contributed by atoms with Crippen molar-refractivity contribution < 1.29 is 23.4 Å². The summed E-state index contributed by atoms with van der Waals surface area (Å²) < 4.78 is 28.0. The largest absolute Gasteiger partial charge is 0.435 e. The summed E-state index contributed by atoms with van der Waals surface area (Å²) in [5, 5.41) is 11.6. The van der Waals surface area contributed by atoms with Crippen LogP contribution in [0.4, 0.5) is 8.78 Å². The summed E-state index contributed by atoms with van der Waals surface area (Å²) in [6.07, 6.45) is 0.606. The van der Waals surface area contributed by atoms with Gasteiger partial charge in [0, 0.05) is 5.56 Å². The summed E-state index contributed by atoms with van der Waals surface area (Å²) in [6, 6.07) is 5.05. The first-order chi connectivity index (χ1) is 8.56. The zero-order valence-electron chi connectivity index (χ0n) is 9.90. The normalized spacial score (nSPS) is 12.3. The van der Waals surface area contributed by atoms with E-state index in [-0.39, 0.29) is 24.3 Å². The number of hydrogen-bond donors (Lipinski definition) is 2. The molecule has 18 heavy (non-hydrogen) atoms. The van der Waals surface area contributed by atoms with E-state index in [4.69, 9.17) is 5.11 Å². The van der Waals surface area contributed by atoms with Crippen LogP contribution in [0, 0.1) is 0 Å². The third-order valence-corrected chi connectivity index (χ3v) is 2.39. The van der Waals surface area contributed by atoms with E-state index in [9.17, 15) is 13.6 Å². The van der Waals surface area contributed by atoms with E-state index in [2.05, 4.69) is 10.1 Å². The van der Waals surface area contributed by atoms with Gasteiger partial charge in [-0.1, -0.05) is 6.92 Å². The number of carbonyl (C=O) groups is 1. The number of hydrogen-bond acceptors (Lipinski definition) is 3. The van der Waals surface area contributed by atoms with Crippen molar-refractivity contribution in [2.75, 3.05) is 6.61 Å². The molecule has 0 fully saturated rings. The number of benzene rings is 1. The van der Waals surface area contributed by atoms with Crippen molar-refractivity contribution in [3.05, 3.63) is 29.8 Å². The monoisotopic (exact) mass is 259 g/mol. The molecule has 4 nitrogen and oxygen atoms in total. The summed E-state index contributed by atoms with van der Waals surface area (Å²) in [6.45, 7) is -1.20. The van der Waals surface area contributed by atoms with Gasteiger partial charge in [0.15, 0.2) is 0 Å². The van der Waals surface area contributed by atoms with E-state index >= 15 is 0 Å². The first-order valence-electron chi connectivity index (χ1n) is 5.53. The van der Waals surface area contributed by atoms with Crippen molar-refractivity contribution in [1.82, 2.24) is 5.32 Å². The molecular formula is C12H15F2NO3. The summed E-state index contributed by atoms with van der Waals surface area (Å²) in [5.74, 6) is -0.366. The van der Waals surface area contributed by atoms with Crippen LogP contribution in [0.1, 0.15) is 23.7 Å². The van der Waals surface area contributed by atoms with Gasteiger partial charge in [0.1, 0.15) is 5.75 Å². The van der Waals surface area contributed by atoms with Crippen LogP contribution in [-0.2, 0) is 0 Å². The molecular weight excluding hydrogens is 244 g/mol. The minimum atomic E-state index is -2.89. The Morgan fingerprint density at radius 3 is 2.44 bits per heavy atom. The van der Waals surface area contributed by atoms with Crippen molar-refractivity contribution in [2.45, 2.75) is 26.0 Å². The Morgan fingerprint density at radius 2 is 2.00 bits per heavy atom. The summed E-state index contributed by atoms with van der Waals surface area (Å²) in [7, 11) is 0. The standard InChI is InChI=1S/C12H15F2NO3/c1-2-9(7-16)15-11(17)8-3-5-10(6-4-8)18-12(13)14/h3-6,9,12,16H,2,7H2,1H3,(H,15,17). The molecule has 1 amide bonds. The van der Waals surface area contributed by atoms with Crippen molar-refractivity contribution in [1.29, 1.82) is 0 Å². The second kappa shape index (κ2) is 6.90. The Labute approximate surface area is 104 Å². The lowest BCUT2D eigenvalue weighted by Crippen LogP contribution is -2.36. The molecule has 100 valence electrons. The number of carbonyl (C=O) groups excluding carboxylic acids is 1. The van der Waals surface area contributed by atoms with Gasteiger partial charge < -0.3 is 15.2 Å². The molecule has 0 aliphatic carbocycles. The number of alkyl halides is 2. The maximum absolute atomic E-state index is 11.9. The van der Waals surface area contributed by atoms with E-state index in [0.29, 0.717) is 12.0 Å². The van der Waals surface area contributed by atoms with Crippen LogP contribution in [0.25, 0.3) is 0 Å². The molecule has 0 spiro atoms. The molecule has 0 aromatic heterocycles. The molecule has 0 aliphatic heterocycles. The van der Waals surface area contributed by atoms with Crippen molar-refractivity contribution in [2.24, 2.45) is 0 Å². The smallest absolute Gasteiger partial charge is 0.387 e. The van der Waals surface area contributed by atoms with Gasteiger partial charge in [0.25, 0.3) is 5.91 Å². The summed E-state index contributed by atoms with van der Waals surface area (Å²) in [5.41, 5.74) is 0.323. The van der Waals surface area contributed by atoms with Gasteiger partial charge in [0.2, 0.25) is 0 Å². The van der Waals surface area contributed by atoms with E-state index in [1.807, 2.05) is 6.92 Å². The Balaban J connectivity index is 2.64. The maximum atomic E-state index is 11.9. The molecule has 1 aromatic rings. The van der Waals surface area contributed by atoms with Gasteiger partial charge in [-0.15, -0.1) is 0 Å². The van der Waals surface area contributed by atoms with Gasteiger partial charge in [-0.25, -0.2) is 0 Å².